The van der Waals surface area contributed by atoms with E-state index in [1.165, 1.54) is 5.56 Å². The Morgan fingerprint density at radius 3 is 2.50 bits per heavy atom. The molecule has 1 aromatic rings. The Morgan fingerprint density at radius 1 is 1.29 bits per heavy atom. The summed E-state index contributed by atoms with van der Waals surface area (Å²) in [5, 5.41) is 11.3. The zero-order chi connectivity index (χ0) is 10.3. The zero-order valence-electron chi connectivity index (χ0n) is 8.78. The predicted octanol–water partition coefficient (Wildman–Crippen LogP) is 0.831. The van der Waals surface area contributed by atoms with Gasteiger partial charge in [0, 0.05) is 18.0 Å². The van der Waals surface area contributed by atoms with Crippen molar-refractivity contribution < 1.29 is 0 Å². The summed E-state index contributed by atoms with van der Waals surface area (Å²) in [6.45, 7) is 6.35. The third kappa shape index (κ3) is 1.35. The molecule has 4 heteroatoms. The summed E-state index contributed by atoms with van der Waals surface area (Å²) in [5.74, 6) is 1.03. The van der Waals surface area contributed by atoms with E-state index in [9.17, 15) is 0 Å². The second-order valence-corrected chi connectivity index (χ2v) is 4.08. The molecule has 3 N–H and O–H groups in total. The van der Waals surface area contributed by atoms with Crippen LogP contribution in [0.2, 0.25) is 0 Å². The molecule has 1 aliphatic heterocycles. The van der Waals surface area contributed by atoms with E-state index in [1.54, 1.807) is 0 Å². The average molecular weight is 192 g/mol. The van der Waals surface area contributed by atoms with Crippen LogP contribution in [0.15, 0.2) is 6.07 Å². The first-order valence-corrected chi connectivity index (χ1v) is 4.95. The molecule has 0 amide bonds. The summed E-state index contributed by atoms with van der Waals surface area (Å²) in [6, 6.07) is 2.96. The lowest BCUT2D eigenvalue weighted by atomic mass is 9.79. The first kappa shape index (κ1) is 9.40. The highest BCUT2D eigenvalue weighted by Gasteiger charge is 2.36. The van der Waals surface area contributed by atoms with Crippen molar-refractivity contribution in [3.8, 4) is 0 Å². The number of aryl methyl sites for hydroxylation is 1. The largest absolute Gasteiger partial charge is 0.382 e. The van der Waals surface area contributed by atoms with E-state index < -0.39 is 0 Å². The van der Waals surface area contributed by atoms with Gasteiger partial charge in [-0.3, -0.25) is 0 Å². The van der Waals surface area contributed by atoms with Gasteiger partial charge in [-0.1, -0.05) is 0 Å². The Labute approximate surface area is 83.9 Å². The van der Waals surface area contributed by atoms with Gasteiger partial charge in [0.25, 0.3) is 0 Å². The highest BCUT2D eigenvalue weighted by molar-refractivity contribution is 5.38. The lowest BCUT2D eigenvalue weighted by Crippen LogP contribution is -2.56. The monoisotopic (exact) mass is 192 g/mol. The third-order valence-corrected chi connectivity index (χ3v) is 3.00. The Balaban J connectivity index is 2.35. The Morgan fingerprint density at radius 2 is 1.93 bits per heavy atom. The van der Waals surface area contributed by atoms with Gasteiger partial charge in [0.15, 0.2) is 0 Å². The summed E-state index contributed by atoms with van der Waals surface area (Å²) < 4.78 is 0. The molecule has 14 heavy (non-hydrogen) atoms. The van der Waals surface area contributed by atoms with Crippen molar-refractivity contribution >= 4 is 5.82 Å². The lowest BCUT2D eigenvalue weighted by Gasteiger charge is -2.43. The number of nitrogens with zero attached hydrogens (tertiary/aromatic N) is 2. The van der Waals surface area contributed by atoms with Gasteiger partial charge in [0.1, 0.15) is 5.82 Å². The smallest absolute Gasteiger partial charge is 0.146 e. The van der Waals surface area contributed by atoms with Gasteiger partial charge < -0.3 is 11.1 Å². The van der Waals surface area contributed by atoms with Crippen LogP contribution in [-0.4, -0.2) is 22.3 Å². The van der Waals surface area contributed by atoms with Crippen LogP contribution in [0.4, 0.5) is 5.82 Å². The van der Waals surface area contributed by atoms with Gasteiger partial charge in [-0.25, -0.2) is 0 Å². The Bertz CT molecular complexity index is 342. The normalized spacial score (nSPS) is 31.2. The fraction of sp³-hybridized carbons (Fsp3) is 0.600. The Hall–Kier alpha value is -1.16. The van der Waals surface area contributed by atoms with Crippen LogP contribution >= 0.6 is 0 Å². The molecule has 0 radical (unpaired) electrons. The van der Waals surface area contributed by atoms with Crippen LogP contribution < -0.4 is 11.1 Å². The molecular weight excluding hydrogens is 176 g/mol. The van der Waals surface area contributed by atoms with Crippen LogP contribution in [0.3, 0.4) is 0 Å². The van der Waals surface area contributed by atoms with Gasteiger partial charge in [0.05, 0.1) is 5.69 Å². The fourth-order valence-electron chi connectivity index (χ4n) is 2.30. The number of rotatable bonds is 1. The van der Waals surface area contributed by atoms with Crippen molar-refractivity contribution in [1.29, 1.82) is 0 Å². The van der Waals surface area contributed by atoms with Crippen molar-refractivity contribution in [2.75, 3.05) is 5.73 Å². The van der Waals surface area contributed by atoms with E-state index in [-0.39, 0.29) is 0 Å². The van der Waals surface area contributed by atoms with Crippen molar-refractivity contribution in [3.05, 3.63) is 17.3 Å². The van der Waals surface area contributed by atoms with E-state index in [2.05, 4.69) is 29.4 Å². The Kier molecular flexibility index (Phi) is 2.15. The molecule has 1 aliphatic rings. The molecule has 0 saturated carbocycles. The number of nitrogens with one attached hydrogen (secondary N) is 1. The topological polar surface area (TPSA) is 63.8 Å². The highest BCUT2D eigenvalue weighted by Crippen LogP contribution is 2.33. The quantitative estimate of drug-likeness (QED) is 0.691. The number of nitrogen functional groups attached to an aromatic ring is 1. The van der Waals surface area contributed by atoms with E-state index in [4.69, 9.17) is 5.73 Å². The molecule has 4 nitrogen and oxygen atoms in total. The second kappa shape index (κ2) is 3.20. The van der Waals surface area contributed by atoms with Gasteiger partial charge in [-0.15, -0.1) is 5.10 Å². The molecule has 2 heterocycles. The van der Waals surface area contributed by atoms with Crippen LogP contribution in [0.25, 0.3) is 0 Å². The summed E-state index contributed by atoms with van der Waals surface area (Å²) in [7, 11) is 0. The lowest BCUT2D eigenvalue weighted by molar-refractivity contribution is 0.243. The maximum absolute atomic E-state index is 5.64. The molecular formula is C10H16N4. The van der Waals surface area contributed by atoms with Crippen molar-refractivity contribution in [1.82, 2.24) is 15.5 Å². The molecule has 1 fully saturated rings. The molecule has 0 aliphatic carbocycles. The van der Waals surface area contributed by atoms with Crippen LogP contribution in [0, 0.1) is 6.92 Å². The molecule has 2 unspecified atom stereocenters. The summed E-state index contributed by atoms with van der Waals surface area (Å²) >= 11 is 0. The average Bonchev–Trinajstić information content (AvgIpc) is 2.11. The van der Waals surface area contributed by atoms with Crippen LogP contribution in [-0.2, 0) is 0 Å². The third-order valence-electron chi connectivity index (χ3n) is 3.00. The van der Waals surface area contributed by atoms with E-state index >= 15 is 0 Å². The minimum Gasteiger partial charge on any atom is -0.382 e. The predicted molar refractivity (Wildman–Crippen MR) is 56.0 cm³/mol. The van der Waals surface area contributed by atoms with Crippen molar-refractivity contribution in [2.45, 2.75) is 38.8 Å². The standard InChI is InChI=1S/C10H16N4/c1-5-8(4-9(11)14-13-5)10-6(2)12-7(10)3/h4,6-7,10,12H,1-3H3,(H2,11,14). The number of hydrogen-bond acceptors (Lipinski definition) is 4. The minimum atomic E-state index is 0.507. The molecule has 0 bridgehead atoms. The SMILES string of the molecule is Cc1nnc(N)cc1C1C(C)NC1C. The molecule has 1 saturated heterocycles. The van der Waals surface area contributed by atoms with Crippen molar-refractivity contribution in [2.24, 2.45) is 0 Å². The second-order valence-electron chi connectivity index (χ2n) is 4.08. The van der Waals surface area contributed by atoms with E-state index in [1.807, 2.05) is 13.0 Å². The molecule has 2 atom stereocenters. The summed E-state index contributed by atoms with van der Waals surface area (Å²) in [5.41, 5.74) is 7.86. The molecule has 1 aromatic heterocycles. The van der Waals surface area contributed by atoms with Gasteiger partial charge >= 0.3 is 0 Å². The molecule has 76 valence electrons. The van der Waals surface area contributed by atoms with Crippen molar-refractivity contribution in [3.63, 3.8) is 0 Å². The number of aromatic nitrogens is 2. The van der Waals surface area contributed by atoms with E-state index in [0.717, 1.165) is 5.69 Å². The van der Waals surface area contributed by atoms with Gasteiger partial charge in [0.2, 0.25) is 0 Å². The summed E-state index contributed by atoms with van der Waals surface area (Å²) in [6.07, 6.45) is 0. The number of anilines is 1. The molecule has 0 aromatic carbocycles. The first-order chi connectivity index (χ1) is 6.59. The van der Waals surface area contributed by atoms with E-state index in [0.29, 0.717) is 23.8 Å². The van der Waals surface area contributed by atoms with Gasteiger partial charge in [-0.2, -0.15) is 5.10 Å². The maximum atomic E-state index is 5.64. The first-order valence-electron chi connectivity index (χ1n) is 4.95. The fourth-order valence-corrected chi connectivity index (χ4v) is 2.30. The number of nitrogens with two attached hydrogens (primary N) is 1. The zero-order valence-corrected chi connectivity index (χ0v) is 8.78. The van der Waals surface area contributed by atoms with Crippen LogP contribution in [0.1, 0.15) is 31.0 Å². The molecule has 2 rings (SSSR count). The number of hydrogen-bond donors (Lipinski definition) is 2. The maximum Gasteiger partial charge on any atom is 0.146 e. The van der Waals surface area contributed by atoms with Gasteiger partial charge in [-0.05, 0) is 32.4 Å². The van der Waals surface area contributed by atoms with Crippen LogP contribution in [0.5, 0.6) is 0 Å². The highest BCUT2D eigenvalue weighted by atomic mass is 15.1. The summed E-state index contributed by atoms with van der Waals surface area (Å²) in [4.78, 5) is 0. The minimum absolute atomic E-state index is 0.507. The molecule has 0 spiro atoms.